The SMILES string of the molecule is O=C(O[C@@H]1O[C@H](CO)[C@H]2OC3=CC(=O)C(O)(O)[C@@]4(O)Oc5c(O)c(O)cc(c5[C@H]34)O[C@@H]1[C@H]2O)c1cc(O)c(O)c(O)c1. The number of phenolic OH excluding ortho intramolecular Hbond substituents is 5. The standard InChI is InChI=1S/C25H22O17/c26-5-12-19-18(33)21(23(40-12)41-22(34)6-1-7(27)16(31)8(28)2-6)38-10-3-9(29)17(32)20-14(10)15-11(39-19)4-13(30)24(35,36)25(15,37)42-20/h1-4,12,15,18-19,21,23,26-29,31-33,35-37H,5H2/t12-,15+,18+,19-,21-,23+,25+/m1/s1. The van der Waals surface area contributed by atoms with Gasteiger partial charge in [-0.05, 0) is 12.1 Å². The van der Waals surface area contributed by atoms with Crippen LogP contribution in [0, 0.1) is 0 Å². The number of benzene rings is 2. The molecule has 3 heterocycles. The molecule has 2 bridgehead atoms. The van der Waals surface area contributed by atoms with Gasteiger partial charge in [0.25, 0.3) is 11.6 Å². The number of hydrogen-bond acceptors (Lipinski definition) is 17. The van der Waals surface area contributed by atoms with Gasteiger partial charge >= 0.3 is 5.97 Å². The molecule has 6 rings (SSSR count). The van der Waals surface area contributed by atoms with Crippen molar-refractivity contribution in [2.45, 2.75) is 48.2 Å². The molecule has 42 heavy (non-hydrogen) atoms. The van der Waals surface area contributed by atoms with E-state index < -0.39 is 118 Å². The molecule has 4 aliphatic rings. The molecule has 2 aromatic carbocycles. The van der Waals surface area contributed by atoms with Gasteiger partial charge in [-0.25, -0.2) is 4.79 Å². The van der Waals surface area contributed by atoms with Crippen LogP contribution in [0.1, 0.15) is 21.8 Å². The first-order chi connectivity index (χ1) is 19.7. The molecule has 1 saturated heterocycles. The van der Waals surface area contributed by atoms with E-state index >= 15 is 0 Å². The molecule has 10 N–H and O–H groups in total. The smallest absolute Gasteiger partial charge is 0.340 e. The molecule has 17 heteroatoms. The molecule has 0 spiro atoms. The number of phenols is 5. The Bertz CT molecular complexity index is 1520. The summed E-state index contributed by atoms with van der Waals surface area (Å²) in [4.78, 5) is 25.5. The van der Waals surface area contributed by atoms with Crippen LogP contribution in [0.5, 0.6) is 40.2 Å². The number of aliphatic hydroxyl groups excluding tert-OH is 2. The minimum atomic E-state index is -3.61. The lowest BCUT2D eigenvalue weighted by Gasteiger charge is -2.44. The van der Waals surface area contributed by atoms with Crippen LogP contribution in [0.2, 0.25) is 0 Å². The predicted octanol–water partition coefficient (Wildman–Crippen LogP) is -2.39. The quantitative estimate of drug-likeness (QED) is 0.101. The summed E-state index contributed by atoms with van der Waals surface area (Å²) >= 11 is 0. The topological polar surface area (TPSA) is 283 Å². The van der Waals surface area contributed by atoms with Gasteiger partial charge in [0.2, 0.25) is 17.8 Å². The molecule has 0 aromatic heterocycles. The van der Waals surface area contributed by atoms with Crippen molar-refractivity contribution in [1.82, 2.24) is 0 Å². The first kappa shape index (κ1) is 27.6. The maximum absolute atomic E-state index is 12.9. The highest BCUT2D eigenvalue weighted by atomic mass is 16.7. The zero-order valence-corrected chi connectivity index (χ0v) is 20.8. The molecular formula is C25H22O17. The lowest BCUT2D eigenvalue weighted by Crippen LogP contribution is -2.66. The molecular weight excluding hydrogens is 572 g/mol. The summed E-state index contributed by atoms with van der Waals surface area (Å²) in [5.41, 5.74) is -0.862. The third-order valence-electron chi connectivity index (χ3n) is 7.43. The number of aliphatic hydroxyl groups is 5. The second kappa shape index (κ2) is 8.99. The van der Waals surface area contributed by atoms with E-state index in [4.69, 9.17) is 23.7 Å². The van der Waals surface area contributed by atoms with Crippen molar-refractivity contribution >= 4 is 11.8 Å². The largest absolute Gasteiger partial charge is 0.504 e. The summed E-state index contributed by atoms with van der Waals surface area (Å²) in [6.45, 7) is -0.889. The van der Waals surface area contributed by atoms with E-state index in [9.17, 15) is 60.7 Å². The van der Waals surface area contributed by atoms with E-state index in [0.29, 0.717) is 6.08 Å². The Morgan fingerprint density at radius 1 is 0.929 bits per heavy atom. The lowest BCUT2D eigenvalue weighted by atomic mass is 9.78. The Morgan fingerprint density at radius 2 is 1.57 bits per heavy atom. The van der Waals surface area contributed by atoms with Gasteiger partial charge in [-0.2, -0.15) is 0 Å². The summed E-state index contributed by atoms with van der Waals surface area (Å²) in [7, 11) is 0. The number of ether oxygens (including phenoxy) is 5. The summed E-state index contributed by atoms with van der Waals surface area (Å²) in [5, 5.41) is 104. The van der Waals surface area contributed by atoms with Crippen molar-refractivity contribution in [2.24, 2.45) is 0 Å². The van der Waals surface area contributed by atoms with Crippen LogP contribution in [-0.4, -0.2) is 112 Å². The highest BCUT2D eigenvalue weighted by Crippen LogP contribution is 2.62. The van der Waals surface area contributed by atoms with E-state index in [1.807, 2.05) is 0 Å². The molecule has 17 nitrogen and oxygen atoms in total. The van der Waals surface area contributed by atoms with Gasteiger partial charge in [-0.15, -0.1) is 0 Å². The molecule has 0 amide bonds. The maximum Gasteiger partial charge on any atom is 0.340 e. The lowest BCUT2D eigenvalue weighted by molar-refractivity contribution is -0.328. The second-order valence-corrected chi connectivity index (χ2v) is 9.95. The van der Waals surface area contributed by atoms with Crippen LogP contribution < -0.4 is 9.47 Å². The number of hydrogen-bond donors (Lipinski definition) is 10. The highest BCUT2D eigenvalue weighted by Gasteiger charge is 2.70. The van der Waals surface area contributed by atoms with Crippen LogP contribution in [0.15, 0.2) is 30.0 Å². The van der Waals surface area contributed by atoms with Gasteiger partial charge < -0.3 is 74.7 Å². The normalized spacial score (nSPS) is 32.1. The van der Waals surface area contributed by atoms with Crippen LogP contribution >= 0.6 is 0 Å². The number of ketones is 1. The van der Waals surface area contributed by atoms with Crippen molar-refractivity contribution in [3.05, 3.63) is 41.2 Å². The predicted molar refractivity (Wildman–Crippen MR) is 126 cm³/mol. The molecule has 7 atom stereocenters. The van der Waals surface area contributed by atoms with E-state index in [0.717, 1.165) is 18.2 Å². The van der Waals surface area contributed by atoms with Crippen LogP contribution in [-0.2, 0) is 19.0 Å². The van der Waals surface area contributed by atoms with E-state index in [1.54, 1.807) is 0 Å². The Balaban J connectivity index is 1.47. The first-order valence-corrected chi connectivity index (χ1v) is 12.1. The number of esters is 1. The third-order valence-corrected chi connectivity index (χ3v) is 7.43. The minimum Gasteiger partial charge on any atom is -0.504 e. The average Bonchev–Trinajstić information content (AvgIpc) is 3.27. The summed E-state index contributed by atoms with van der Waals surface area (Å²) in [6.07, 6.45) is -8.13. The van der Waals surface area contributed by atoms with E-state index in [-0.39, 0.29) is 5.56 Å². The highest BCUT2D eigenvalue weighted by molar-refractivity contribution is 5.99. The summed E-state index contributed by atoms with van der Waals surface area (Å²) in [5.74, 6) is -17.8. The van der Waals surface area contributed by atoms with Crippen molar-refractivity contribution in [3.8, 4) is 40.2 Å². The van der Waals surface area contributed by atoms with Gasteiger partial charge in [0.15, 0.2) is 41.0 Å². The Labute approximate surface area is 232 Å². The number of rotatable bonds is 3. The fourth-order valence-corrected chi connectivity index (χ4v) is 5.32. The molecule has 3 aliphatic heterocycles. The molecule has 0 radical (unpaired) electrons. The minimum absolute atomic E-state index is 0.377. The van der Waals surface area contributed by atoms with Gasteiger partial charge in [0.1, 0.15) is 29.6 Å². The monoisotopic (exact) mass is 594 g/mol. The first-order valence-electron chi connectivity index (χ1n) is 12.1. The van der Waals surface area contributed by atoms with Gasteiger partial charge in [-0.3, -0.25) is 4.79 Å². The molecule has 1 aliphatic carbocycles. The molecule has 0 saturated carbocycles. The summed E-state index contributed by atoms with van der Waals surface area (Å²) < 4.78 is 27.8. The third kappa shape index (κ3) is 3.65. The Morgan fingerprint density at radius 3 is 2.21 bits per heavy atom. The fourth-order valence-electron chi connectivity index (χ4n) is 5.32. The second-order valence-electron chi connectivity index (χ2n) is 9.95. The number of fused-ring (bicyclic) bond motifs is 2. The average molecular weight is 594 g/mol. The van der Waals surface area contributed by atoms with Crippen LogP contribution in [0.3, 0.4) is 0 Å². The van der Waals surface area contributed by atoms with Crippen molar-refractivity contribution in [1.29, 1.82) is 0 Å². The number of carbonyl (C=O) groups is 2. The van der Waals surface area contributed by atoms with Crippen molar-refractivity contribution in [3.63, 3.8) is 0 Å². The molecule has 2 aromatic rings. The van der Waals surface area contributed by atoms with E-state index in [1.165, 1.54) is 0 Å². The number of aromatic hydroxyl groups is 5. The molecule has 224 valence electrons. The summed E-state index contributed by atoms with van der Waals surface area (Å²) in [6, 6.07) is 2.31. The van der Waals surface area contributed by atoms with E-state index in [2.05, 4.69) is 0 Å². The van der Waals surface area contributed by atoms with Crippen molar-refractivity contribution in [2.75, 3.05) is 6.61 Å². The van der Waals surface area contributed by atoms with Gasteiger partial charge in [-0.1, -0.05) is 0 Å². The van der Waals surface area contributed by atoms with Gasteiger partial charge in [0, 0.05) is 12.1 Å². The van der Waals surface area contributed by atoms with Crippen molar-refractivity contribution < 1.29 is 84.3 Å². The zero-order chi connectivity index (χ0) is 30.5. The molecule has 0 unspecified atom stereocenters. The van der Waals surface area contributed by atoms with Gasteiger partial charge in [0.05, 0.1) is 17.7 Å². The Kier molecular flexibility index (Phi) is 5.91. The molecule has 1 fully saturated rings. The zero-order valence-electron chi connectivity index (χ0n) is 20.8. The number of carbonyl (C=O) groups excluding carboxylic acids is 2. The van der Waals surface area contributed by atoms with Crippen LogP contribution in [0.4, 0.5) is 0 Å². The fraction of sp³-hybridized carbons (Fsp3) is 0.360. The van der Waals surface area contributed by atoms with Crippen LogP contribution in [0.25, 0.3) is 0 Å². The maximum atomic E-state index is 12.9. The Hall–Kier alpha value is -4.52.